The molecule has 4 rings (SSSR count). The molecule has 7 heteroatoms. The number of carbonyl (C=O) groups is 1. The minimum atomic E-state index is -1.28. The van der Waals surface area contributed by atoms with Crippen LogP contribution in [0.2, 0.25) is 0 Å². The van der Waals surface area contributed by atoms with Crippen LogP contribution in [0, 0.1) is 13.8 Å². The first-order chi connectivity index (χ1) is 17.7. The molecule has 202 valence electrons. The van der Waals surface area contributed by atoms with Crippen LogP contribution in [0.3, 0.4) is 0 Å². The summed E-state index contributed by atoms with van der Waals surface area (Å²) in [6.07, 6.45) is 3.31. The normalized spacial score (nSPS) is 27.1. The van der Waals surface area contributed by atoms with E-state index in [1.165, 1.54) is 18.2 Å². The number of benzene rings is 2. The monoisotopic (exact) mass is 510 g/mol. The van der Waals surface area contributed by atoms with Gasteiger partial charge in [0.2, 0.25) is 5.91 Å². The molecule has 1 aliphatic carbocycles. The third kappa shape index (κ3) is 7.32. The van der Waals surface area contributed by atoms with Gasteiger partial charge in [0.25, 0.3) is 0 Å². The van der Waals surface area contributed by atoms with Crippen molar-refractivity contribution < 1.29 is 24.5 Å². The van der Waals surface area contributed by atoms with Crippen LogP contribution in [-0.2, 0) is 9.53 Å². The second kappa shape index (κ2) is 11.9. The first-order valence-electron chi connectivity index (χ1n) is 13.4. The van der Waals surface area contributed by atoms with Crippen LogP contribution in [0.15, 0.2) is 48.5 Å². The van der Waals surface area contributed by atoms with E-state index in [9.17, 15) is 15.0 Å². The summed E-state index contributed by atoms with van der Waals surface area (Å²) in [5.74, 6) is 1.01. The third-order valence-corrected chi connectivity index (χ3v) is 8.00. The molecule has 1 saturated carbocycles. The Morgan fingerprint density at radius 3 is 2.38 bits per heavy atom. The quantitative estimate of drug-likeness (QED) is 0.567. The van der Waals surface area contributed by atoms with Gasteiger partial charge in [-0.15, -0.1) is 0 Å². The first kappa shape index (κ1) is 27.6. The smallest absolute Gasteiger partial charge is 0.248 e. The van der Waals surface area contributed by atoms with Gasteiger partial charge in [-0.3, -0.25) is 9.69 Å². The Balaban J connectivity index is 1.43. The van der Waals surface area contributed by atoms with Crippen LogP contribution in [0.4, 0.5) is 0 Å². The van der Waals surface area contributed by atoms with Crippen LogP contribution in [0.25, 0.3) is 0 Å². The summed E-state index contributed by atoms with van der Waals surface area (Å²) in [6.45, 7) is 6.09. The van der Waals surface area contributed by atoms with Crippen molar-refractivity contribution in [3.63, 3.8) is 0 Å². The van der Waals surface area contributed by atoms with Gasteiger partial charge in [0.1, 0.15) is 24.6 Å². The number of β-amino-alcohol motifs (C(OH)–C–C–N with tert-alkyl or cyclic N) is 2. The summed E-state index contributed by atoms with van der Waals surface area (Å²) in [6, 6.07) is 16.4. The topological polar surface area (TPSA) is 82.5 Å². The maximum Gasteiger partial charge on any atom is 0.248 e. The lowest BCUT2D eigenvalue weighted by Gasteiger charge is -2.40. The number of ether oxygens (including phenoxy) is 2. The summed E-state index contributed by atoms with van der Waals surface area (Å²) in [5, 5.41) is 23.2. The highest BCUT2D eigenvalue weighted by molar-refractivity contribution is 5.77. The molecule has 0 bridgehead atoms. The fourth-order valence-corrected chi connectivity index (χ4v) is 5.71. The number of nitrogens with zero attached hydrogens (tertiary/aromatic N) is 2. The zero-order chi connectivity index (χ0) is 26.5. The summed E-state index contributed by atoms with van der Waals surface area (Å²) >= 11 is 0. The van der Waals surface area contributed by atoms with Gasteiger partial charge >= 0.3 is 0 Å². The number of hydrogen-bond donors (Lipinski definition) is 2. The van der Waals surface area contributed by atoms with E-state index in [0.29, 0.717) is 50.7 Å². The molecule has 0 radical (unpaired) electrons. The predicted molar refractivity (Wildman–Crippen MR) is 144 cm³/mol. The fourth-order valence-electron chi connectivity index (χ4n) is 5.71. The molecule has 2 aromatic carbocycles. The molecule has 1 amide bonds. The molecular weight excluding hydrogens is 468 g/mol. The highest BCUT2D eigenvalue weighted by Crippen LogP contribution is 2.38. The van der Waals surface area contributed by atoms with E-state index in [1.807, 2.05) is 38.1 Å². The van der Waals surface area contributed by atoms with E-state index in [2.05, 4.69) is 29.2 Å². The van der Waals surface area contributed by atoms with Crippen molar-refractivity contribution in [2.75, 3.05) is 53.0 Å². The molecule has 1 atom stereocenters. The molecule has 2 aromatic rings. The maximum absolute atomic E-state index is 12.7. The number of amides is 1. The molecule has 7 nitrogen and oxygen atoms in total. The largest absolute Gasteiger partial charge is 0.490 e. The fraction of sp³-hybridized carbons (Fsp3) is 0.567. The Labute approximate surface area is 221 Å². The molecule has 2 N–H and O–H groups in total. The van der Waals surface area contributed by atoms with Crippen LogP contribution >= 0.6 is 0 Å². The second-order valence-electron chi connectivity index (χ2n) is 11.1. The van der Waals surface area contributed by atoms with E-state index >= 15 is 0 Å². The van der Waals surface area contributed by atoms with E-state index in [0.717, 1.165) is 18.4 Å². The van der Waals surface area contributed by atoms with Crippen molar-refractivity contribution in [3.05, 3.63) is 65.2 Å². The molecule has 0 unspecified atom stereocenters. The lowest BCUT2D eigenvalue weighted by Crippen LogP contribution is -2.54. The SMILES string of the molecule is COCC(=O)N1CCN(CC2(O)CCC(c3ccccc3)CC2)C[C@@](O)(COc2ccc(C)c(C)c2)C1. The van der Waals surface area contributed by atoms with E-state index in [-0.39, 0.29) is 25.7 Å². The van der Waals surface area contributed by atoms with Gasteiger partial charge in [0.15, 0.2) is 0 Å². The minimum Gasteiger partial charge on any atom is -0.490 e. The van der Waals surface area contributed by atoms with E-state index in [4.69, 9.17) is 9.47 Å². The van der Waals surface area contributed by atoms with Crippen LogP contribution in [-0.4, -0.2) is 90.2 Å². The summed E-state index contributed by atoms with van der Waals surface area (Å²) < 4.78 is 11.1. The number of hydrogen-bond acceptors (Lipinski definition) is 6. The lowest BCUT2D eigenvalue weighted by molar-refractivity contribution is -0.138. The Kier molecular flexibility index (Phi) is 8.90. The molecule has 1 heterocycles. The first-order valence-corrected chi connectivity index (χ1v) is 13.4. The maximum atomic E-state index is 12.7. The summed E-state index contributed by atoms with van der Waals surface area (Å²) in [5.41, 5.74) is 1.54. The van der Waals surface area contributed by atoms with Crippen molar-refractivity contribution in [1.29, 1.82) is 0 Å². The average Bonchev–Trinajstić information content (AvgIpc) is 3.04. The highest BCUT2D eigenvalue weighted by atomic mass is 16.5. The van der Waals surface area contributed by atoms with Gasteiger partial charge < -0.3 is 24.6 Å². The molecule has 0 aromatic heterocycles. The van der Waals surface area contributed by atoms with Gasteiger partial charge in [0.05, 0.1) is 12.1 Å². The standard InChI is InChI=1S/C30H42N2O5/c1-23-9-10-27(17-24(23)2)37-22-30(35)20-31(15-16-32(21-30)28(33)18-36-3)19-29(34)13-11-26(12-14-29)25-7-5-4-6-8-25/h4-10,17,26,34-35H,11-16,18-22H2,1-3H3/t26?,29?,30-/m0/s1. The lowest BCUT2D eigenvalue weighted by atomic mass is 9.76. The van der Waals surface area contributed by atoms with Crippen LogP contribution < -0.4 is 4.74 Å². The van der Waals surface area contributed by atoms with Crippen molar-refractivity contribution in [2.45, 2.75) is 56.7 Å². The van der Waals surface area contributed by atoms with Crippen molar-refractivity contribution in [3.8, 4) is 5.75 Å². The van der Waals surface area contributed by atoms with Crippen LogP contribution in [0.1, 0.15) is 48.3 Å². The van der Waals surface area contributed by atoms with Crippen molar-refractivity contribution >= 4 is 5.91 Å². The summed E-state index contributed by atoms with van der Waals surface area (Å²) in [4.78, 5) is 16.5. The number of rotatable bonds is 8. The van der Waals surface area contributed by atoms with Gasteiger partial charge in [-0.05, 0) is 74.3 Å². The Morgan fingerprint density at radius 1 is 0.973 bits per heavy atom. The molecule has 1 saturated heterocycles. The minimum absolute atomic E-state index is 0.0289. The number of aryl methyl sites for hydroxylation is 2. The van der Waals surface area contributed by atoms with Crippen LogP contribution in [0.5, 0.6) is 5.75 Å². The third-order valence-electron chi connectivity index (χ3n) is 8.00. The second-order valence-corrected chi connectivity index (χ2v) is 11.1. The Hall–Kier alpha value is -2.45. The van der Waals surface area contributed by atoms with Gasteiger partial charge in [-0.25, -0.2) is 0 Å². The van der Waals surface area contributed by atoms with E-state index < -0.39 is 11.2 Å². The number of methoxy groups -OCH3 is 1. The predicted octanol–water partition coefficient (Wildman–Crippen LogP) is 3.29. The molecular formula is C30H42N2O5. The highest BCUT2D eigenvalue weighted by Gasteiger charge is 2.41. The average molecular weight is 511 g/mol. The molecule has 0 spiro atoms. The van der Waals surface area contributed by atoms with Gasteiger partial charge in [-0.1, -0.05) is 36.4 Å². The Morgan fingerprint density at radius 2 is 1.70 bits per heavy atom. The zero-order valence-electron chi connectivity index (χ0n) is 22.5. The Bertz CT molecular complexity index is 1040. The molecule has 1 aliphatic heterocycles. The zero-order valence-corrected chi connectivity index (χ0v) is 22.5. The van der Waals surface area contributed by atoms with Crippen molar-refractivity contribution in [1.82, 2.24) is 9.80 Å². The number of aliphatic hydroxyl groups is 2. The molecule has 2 aliphatic rings. The number of carbonyl (C=O) groups excluding carboxylic acids is 1. The molecule has 2 fully saturated rings. The van der Waals surface area contributed by atoms with E-state index in [1.54, 1.807) is 4.90 Å². The van der Waals surface area contributed by atoms with Gasteiger partial charge in [-0.2, -0.15) is 0 Å². The summed E-state index contributed by atoms with van der Waals surface area (Å²) in [7, 11) is 1.50. The van der Waals surface area contributed by atoms with Gasteiger partial charge in [0, 0.05) is 33.3 Å². The molecule has 37 heavy (non-hydrogen) atoms. The van der Waals surface area contributed by atoms with Crippen molar-refractivity contribution in [2.24, 2.45) is 0 Å².